The van der Waals surface area contributed by atoms with Gasteiger partial charge in [0.15, 0.2) is 0 Å². The highest BCUT2D eigenvalue weighted by Gasteiger charge is 2.06. The standard InChI is InChI=1S/C5H12N2O3S/c1-2-3-4-5(8)7-11(6,9)10/h2-4H2,1H3,(H,7,8)(H2,6,9,10). The van der Waals surface area contributed by atoms with Crippen molar-refractivity contribution in [3.63, 3.8) is 0 Å². The van der Waals surface area contributed by atoms with E-state index in [1.165, 1.54) is 0 Å². The summed E-state index contributed by atoms with van der Waals surface area (Å²) in [6, 6.07) is 0. The molecule has 0 fully saturated rings. The highest BCUT2D eigenvalue weighted by molar-refractivity contribution is 7.87. The summed E-state index contributed by atoms with van der Waals surface area (Å²) in [4.78, 5) is 10.6. The summed E-state index contributed by atoms with van der Waals surface area (Å²) >= 11 is 0. The van der Waals surface area contributed by atoms with Gasteiger partial charge < -0.3 is 0 Å². The van der Waals surface area contributed by atoms with Crippen molar-refractivity contribution in [3.05, 3.63) is 0 Å². The normalized spacial score (nSPS) is 11.1. The van der Waals surface area contributed by atoms with E-state index in [-0.39, 0.29) is 6.42 Å². The Labute approximate surface area is 66.1 Å². The zero-order chi connectivity index (χ0) is 8.91. The maximum atomic E-state index is 10.6. The molecule has 0 atom stereocenters. The van der Waals surface area contributed by atoms with Crippen molar-refractivity contribution in [3.8, 4) is 0 Å². The minimum atomic E-state index is -3.85. The first-order valence-corrected chi connectivity index (χ1v) is 4.83. The largest absolute Gasteiger partial charge is 0.298 e. The number of hydrogen-bond donors (Lipinski definition) is 2. The Balaban J connectivity index is 3.71. The highest BCUT2D eigenvalue weighted by Crippen LogP contribution is 1.92. The zero-order valence-electron chi connectivity index (χ0n) is 6.33. The third-order valence-corrected chi connectivity index (χ3v) is 1.53. The summed E-state index contributed by atoms with van der Waals surface area (Å²) in [5.74, 6) is -0.547. The fraction of sp³-hybridized carbons (Fsp3) is 0.800. The predicted molar refractivity (Wildman–Crippen MR) is 40.8 cm³/mol. The highest BCUT2D eigenvalue weighted by atomic mass is 32.2. The second-order valence-electron chi connectivity index (χ2n) is 2.17. The topological polar surface area (TPSA) is 89.3 Å². The van der Waals surface area contributed by atoms with Gasteiger partial charge in [0.25, 0.3) is 10.2 Å². The van der Waals surface area contributed by atoms with Gasteiger partial charge in [-0.05, 0) is 6.42 Å². The lowest BCUT2D eigenvalue weighted by atomic mass is 10.2. The van der Waals surface area contributed by atoms with Crippen LogP contribution in [0.2, 0.25) is 0 Å². The molecule has 0 unspecified atom stereocenters. The summed E-state index contributed by atoms with van der Waals surface area (Å²) in [7, 11) is -3.85. The number of unbranched alkanes of at least 4 members (excludes halogenated alkanes) is 1. The molecular formula is C5H12N2O3S. The van der Waals surface area contributed by atoms with Crippen LogP contribution >= 0.6 is 0 Å². The zero-order valence-corrected chi connectivity index (χ0v) is 7.15. The van der Waals surface area contributed by atoms with E-state index in [1.807, 2.05) is 6.92 Å². The lowest BCUT2D eigenvalue weighted by Crippen LogP contribution is -2.35. The number of amides is 1. The van der Waals surface area contributed by atoms with Crippen molar-refractivity contribution < 1.29 is 13.2 Å². The van der Waals surface area contributed by atoms with Gasteiger partial charge in [0, 0.05) is 6.42 Å². The first-order valence-electron chi connectivity index (χ1n) is 3.29. The molecule has 11 heavy (non-hydrogen) atoms. The van der Waals surface area contributed by atoms with Crippen molar-refractivity contribution >= 4 is 16.1 Å². The van der Waals surface area contributed by atoms with Crippen LogP contribution in [0.5, 0.6) is 0 Å². The molecule has 3 N–H and O–H groups in total. The van der Waals surface area contributed by atoms with Crippen LogP contribution < -0.4 is 9.86 Å². The summed E-state index contributed by atoms with van der Waals surface area (Å²) in [6.07, 6.45) is 1.71. The van der Waals surface area contributed by atoms with Crippen LogP contribution in [0.1, 0.15) is 26.2 Å². The Bertz CT molecular complexity index is 222. The van der Waals surface area contributed by atoms with Crippen molar-refractivity contribution in [1.29, 1.82) is 0 Å². The first-order chi connectivity index (χ1) is 4.95. The molecule has 0 saturated heterocycles. The average molecular weight is 180 g/mol. The molecule has 0 aromatic rings. The summed E-state index contributed by atoms with van der Waals surface area (Å²) in [6.45, 7) is 1.91. The summed E-state index contributed by atoms with van der Waals surface area (Å²) in [5.41, 5.74) is 0. The molecule has 0 aromatic carbocycles. The lowest BCUT2D eigenvalue weighted by Gasteiger charge is -1.99. The molecule has 0 spiro atoms. The molecule has 0 radical (unpaired) electrons. The number of rotatable bonds is 4. The quantitative estimate of drug-likeness (QED) is 0.611. The molecule has 0 saturated carbocycles. The summed E-state index contributed by atoms with van der Waals surface area (Å²) in [5, 5.41) is 4.55. The summed E-state index contributed by atoms with van der Waals surface area (Å²) < 4.78 is 22.2. The Morgan fingerprint density at radius 2 is 2.09 bits per heavy atom. The molecule has 0 aliphatic rings. The van der Waals surface area contributed by atoms with Crippen molar-refractivity contribution in [2.24, 2.45) is 5.14 Å². The van der Waals surface area contributed by atoms with Gasteiger partial charge in [0.2, 0.25) is 5.91 Å². The maximum absolute atomic E-state index is 10.6. The smallest absolute Gasteiger partial charge is 0.274 e. The van der Waals surface area contributed by atoms with E-state index in [0.29, 0.717) is 6.42 Å². The van der Waals surface area contributed by atoms with E-state index in [2.05, 4.69) is 5.14 Å². The Morgan fingerprint density at radius 3 is 2.45 bits per heavy atom. The van der Waals surface area contributed by atoms with Crippen LogP contribution in [0.25, 0.3) is 0 Å². The van der Waals surface area contributed by atoms with Gasteiger partial charge in [-0.3, -0.25) is 4.79 Å². The SMILES string of the molecule is CCCCC(=O)NS(N)(=O)=O. The van der Waals surface area contributed by atoms with E-state index in [4.69, 9.17) is 0 Å². The monoisotopic (exact) mass is 180 g/mol. The minimum absolute atomic E-state index is 0.201. The number of carbonyl (C=O) groups excluding carboxylic acids is 1. The van der Waals surface area contributed by atoms with Crippen LogP contribution in [0.15, 0.2) is 0 Å². The molecule has 1 amide bonds. The number of nitrogens with one attached hydrogen (secondary N) is 1. The fourth-order valence-electron chi connectivity index (χ4n) is 0.547. The second-order valence-corrected chi connectivity index (χ2v) is 3.47. The molecular weight excluding hydrogens is 168 g/mol. The van der Waals surface area contributed by atoms with Crippen LogP contribution in [-0.2, 0) is 15.0 Å². The minimum Gasteiger partial charge on any atom is -0.274 e. The van der Waals surface area contributed by atoms with Gasteiger partial charge in [0.05, 0.1) is 0 Å². The van der Waals surface area contributed by atoms with E-state index in [0.717, 1.165) is 6.42 Å². The molecule has 0 rings (SSSR count). The Kier molecular flexibility index (Phi) is 4.06. The van der Waals surface area contributed by atoms with Crippen LogP contribution in [0.3, 0.4) is 0 Å². The van der Waals surface area contributed by atoms with E-state index < -0.39 is 16.1 Å². The molecule has 0 aromatic heterocycles. The first kappa shape index (κ1) is 10.4. The Morgan fingerprint density at radius 1 is 1.55 bits per heavy atom. The van der Waals surface area contributed by atoms with Crippen LogP contribution in [-0.4, -0.2) is 14.3 Å². The van der Waals surface area contributed by atoms with Gasteiger partial charge in [-0.2, -0.15) is 8.42 Å². The van der Waals surface area contributed by atoms with Crippen molar-refractivity contribution in [2.75, 3.05) is 0 Å². The van der Waals surface area contributed by atoms with Crippen molar-refractivity contribution in [1.82, 2.24) is 4.72 Å². The molecule has 0 heterocycles. The van der Waals surface area contributed by atoms with Crippen molar-refractivity contribution in [2.45, 2.75) is 26.2 Å². The van der Waals surface area contributed by atoms with E-state index >= 15 is 0 Å². The van der Waals surface area contributed by atoms with E-state index in [9.17, 15) is 13.2 Å². The van der Waals surface area contributed by atoms with Crippen LogP contribution in [0, 0.1) is 0 Å². The van der Waals surface area contributed by atoms with Crippen LogP contribution in [0.4, 0.5) is 0 Å². The van der Waals surface area contributed by atoms with E-state index in [1.54, 1.807) is 4.72 Å². The molecule has 0 bridgehead atoms. The van der Waals surface area contributed by atoms with Gasteiger partial charge in [-0.15, -0.1) is 0 Å². The van der Waals surface area contributed by atoms with Gasteiger partial charge in [-0.1, -0.05) is 13.3 Å². The fourth-order valence-corrected chi connectivity index (χ4v) is 0.966. The lowest BCUT2D eigenvalue weighted by molar-refractivity contribution is -0.119. The third-order valence-electron chi connectivity index (χ3n) is 1.01. The molecule has 5 nitrogen and oxygen atoms in total. The maximum Gasteiger partial charge on any atom is 0.298 e. The molecule has 66 valence electrons. The van der Waals surface area contributed by atoms with Gasteiger partial charge >= 0.3 is 0 Å². The predicted octanol–water partition coefficient (Wildman–Crippen LogP) is -0.504. The molecule has 6 heteroatoms. The van der Waals surface area contributed by atoms with Gasteiger partial charge in [-0.25, -0.2) is 9.86 Å². The molecule has 0 aliphatic carbocycles. The second kappa shape index (κ2) is 4.30. The number of carbonyl (C=O) groups is 1. The Hall–Kier alpha value is -0.620. The number of nitrogens with two attached hydrogens (primary N) is 1. The third kappa shape index (κ3) is 7.27. The average Bonchev–Trinajstić information content (AvgIpc) is 1.79. The molecule has 0 aliphatic heterocycles. The number of hydrogen-bond acceptors (Lipinski definition) is 3. The van der Waals surface area contributed by atoms with Gasteiger partial charge in [0.1, 0.15) is 0 Å².